The molecule has 0 N–H and O–H groups in total. The van der Waals surface area contributed by atoms with Crippen molar-refractivity contribution in [1.82, 2.24) is 14.7 Å². The van der Waals surface area contributed by atoms with Crippen molar-refractivity contribution >= 4 is 5.91 Å². The van der Waals surface area contributed by atoms with E-state index in [-0.39, 0.29) is 5.91 Å². The molecule has 0 radical (unpaired) electrons. The minimum atomic E-state index is 0.168. The summed E-state index contributed by atoms with van der Waals surface area (Å²) < 4.78 is 5.52. The molecule has 0 heterocycles. The maximum Gasteiger partial charge on any atom is 0.224 e. The number of carbonyl (C=O) groups is 1. The van der Waals surface area contributed by atoms with Crippen LogP contribution in [0.3, 0.4) is 0 Å². The summed E-state index contributed by atoms with van der Waals surface area (Å²) in [4.78, 5) is 18.0. The van der Waals surface area contributed by atoms with Crippen LogP contribution in [0.5, 0.6) is 0 Å². The lowest BCUT2D eigenvalue weighted by Gasteiger charge is -2.21. The second kappa shape index (κ2) is 11.1. The highest BCUT2D eigenvalue weighted by Gasteiger charge is 2.08. The van der Waals surface area contributed by atoms with E-state index >= 15 is 0 Å². The lowest BCUT2D eigenvalue weighted by atomic mass is 10.3. The Bertz CT molecular complexity index is 258. The van der Waals surface area contributed by atoms with Crippen LogP contribution >= 0.6 is 0 Å². The van der Waals surface area contributed by atoms with E-state index in [1.54, 1.807) is 4.90 Å². The molecule has 0 spiro atoms. The van der Waals surface area contributed by atoms with Crippen molar-refractivity contribution < 1.29 is 9.53 Å². The van der Waals surface area contributed by atoms with E-state index in [9.17, 15) is 4.79 Å². The highest BCUT2D eigenvalue weighted by atomic mass is 16.5. The van der Waals surface area contributed by atoms with Gasteiger partial charge >= 0.3 is 0 Å². The van der Waals surface area contributed by atoms with Gasteiger partial charge in [-0.1, -0.05) is 0 Å². The Morgan fingerprint density at radius 3 is 2.20 bits per heavy atom. The Balaban J connectivity index is 3.57. The van der Waals surface area contributed by atoms with Crippen molar-refractivity contribution in [3.63, 3.8) is 0 Å². The van der Waals surface area contributed by atoms with Crippen molar-refractivity contribution in [3.8, 4) is 0 Å². The van der Waals surface area contributed by atoms with E-state index in [4.69, 9.17) is 4.74 Å². The zero-order valence-corrected chi connectivity index (χ0v) is 14.2. The van der Waals surface area contributed by atoms with Crippen LogP contribution in [-0.4, -0.2) is 87.7 Å². The molecule has 0 aliphatic rings. The lowest BCUT2D eigenvalue weighted by Crippen LogP contribution is -2.31. The third-order valence-corrected chi connectivity index (χ3v) is 3.45. The minimum absolute atomic E-state index is 0.168. The molecule has 1 amide bonds. The van der Waals surface area contributed by atoms with Crippen LogP contribution in [0.25, 0.3) is 0 Å². The van der Waals surface area contributed by atoms with Gasteiger partial charge in [-0.25, -0.2) is 0 Å². The van der Waals surface area contributed by atoms with E-state index in [0.29, 0.717) is 25.7 Å². The van der Waals surface area contributed by atoms with E-state index in [2.05, 4.69) is 30.7 Å². The van der Waals surface area contributed by atoms with Gasteiger partial charge < -0.3 is 19.4 Å². The molecule has 20 heavy (non-hydrogen) atoms. The molecule has 120 valence electrons. The highest BCUT2D eigenvalue weighted by molar-refractivity contribution is 5.75. The number of carbonyl (C=O) groups excluding carboxylic acids is 1. The fourth-order valence-corrected chi connectivity index (χ4v) is 1.67. The number of likely N-dealkylation sites (N-methyl/N-ethyl adjacent to an activating group) is 1. The van der Waals surface area contributed by atoms with Gasteiger partial charge in [-0.15, -0.1) is 0 Å². The molecule has 0 aromatic rings. The first-order valence-corrected chi connectivity index (χ1v) is 7.51. The van der Waals surface area contributed by atoms with Gasteiger partial charge in [-0.05, 0) is 48.0 Å². The van der Waals surface area contributed by atoms with Crippen LogP contribution in [0, 0.1) is 0 Å². The van der Waals surface area contributed by atoms with Crippen molar-refractivity contribution in [1.29, 1.82) is 0 Å². The van der Waals surface area contributed by atoms with Crippen LogP contribution in [0.2, 0.25) is 0 Å². The predicted octanol–water partition coefficient (Wildman–Crippen LogP) is 1.14. The van der Waals surface area contributed by atoms with Gasteiger partial charge in [0.15, 0.2) is 0 Å². The van der Waals surface area contributed by atoms with Gasteiger partial charge in [0, 0.05) is 26.2 Å². The predicted molar refractivity (Wildman–Crippen MR) is 84.0 cm³/mol. The van der Waals surface area contributed by atoms with Crippen molar-refractivity contribution in [2.24, 2.45) is 0 Å². The molecule has 0 aromatic carbocycles. The van der Waals surface area contributed by atoms with Crippen molar-refractivity contribution in [2.75, 3.05) is 61.0 Å². The molecular formula is C15H33N3O2. The molecule has 0 aromatic heterocycles. The Kier molecular flexibility index (Phi) is 10.7. The molecule has 0 unspecified atom stereocenters. The molecule has 0 aliphatic heterocycles. The fraction of sp³-hybridized carbons (Fsp3) is 0.933. The summed E-state index contributed by atoms with van der Waals surface area (Å²) in [6.07, 6.45) is 1.49. The molecule has 0 saturated carbocycles. The summed E-state index contributed by atoms with van der Waals surface area (Å²) >= 11 is 0. The van der Waals surface area contributed by atoms with E-state index in [0.717, 1.165) is 26.1 Å². The number of nitrogens with zero attached hydrogens (tertiary/aromatic N) is 3. The van der Waals surface area contributed by atoms with Gasteiger partial charge in [0.05, 0.1) is 19.6 Å². The van der Waals surface area contributed by atoms with Crippen molar-refractivity contribution in [3.05, 3.63) is 0 Å². The Morgan fingerprint density at radius 1 is 1.00 bits per heavy atom. The molecule has 0 aliphatic carbocycles. The second-order valence-electron chi connectivity index (χ2n) is 5.91. The van der Waals surface area contributed by atoms with E-state index < -0.39 is 0 Å². The molecule has 0 fully saturated rings. The van der Waals surface area contributed by atoms with Gasteiger partial charge in [-0.2, -0.15) is 0 Å². The monoisotopic (exact) mass is 287 g/mol. The number of hydrogen-bond acceptors (Lipinski definition) is 4. The van der Waals surface area contributed by atoms with Crippen LogP contribution in [-0.2, 0) is 9.53 Å². The zero-order chi connectivity index (χ0) is 15.5. The second-order valence-corrected chi connectivity index (χ2v) is 5.91. The summed E-state index contributed by atoms with van der Waals surface area (Å²) in [5.74, 6) is 0.168. The first-order chi connectivity index (χ1) is 9.34. The maximum atomic E-state index is 11.8. The smallest absolute Gasteiger partial charge is 0.224 e. The van der Waals surface area contributed by atoms with Crippen LogP contribution < -0.4 is 0 Å². The van der Waals surface area contributed by atoms with Crippen LogP contribution in [0.4, 0.5) is 0 Å². The van der Waals surface area contributed by atoms with Crippen LogP contribution in [0.15, 0.2) is 0 Å². The highest BCUT2D eigenvalue weighted by Crippen LogP contribution is 1.96. The summed E-state index contributed by atoms with van der Waals surface area (Å²) in [5, 5.41) is 0. The summed E-state index contributed by atoms with van der Waals surface area (Å²) in [7, 11) is 8.04. The minimum Gasteiger partial charge on any atom is -0.380 e. The maximum absolute atomic E-state index is 11.8. The first-order valence-electron chi connectivity index (χ1n) is 7.51. The standard InChI is InChI=1S/C15H33N3O2/c1-14(2)17(5)11-13-20-12-8-15(19)18(6)10-7-9-16(3)4/h14H,7-13H2,1-6H3. The van der Waals surface area contributed by atoms with Gasteiger partial charge in [0.25, 0.3) is 0 Å². The third-order valence-electron chi connectivity index (χ3n) is 3.45. The molecule has 5 nitrogen and oxygen atoms in total. The fourth-order valence-electron chi connectivity index (χ4n) is 1.67. The molecule has 0 saturated heterocycles. The van der Waals surface area contributed by atoms with Gasteiger partial charge in [-0.3, -0.25) is 4.79 Å². The number of hydrogen-bond donors (Lipinski definition) is 0. The Morgan fingerprint density at radius 2 is 1.65 bits per heavy atom. The van der Waals surface area contributed by atoms with Gasteiger partial charge in [0.2, 0.25) is 5.91 Å². The Hall–Kier alpha value is -0.650. The van der Waals surface area contributed by atoms with E-state index in [1.807, 2.05) is 21.1 Å². The molecule has 5 heteroatoms. The topological polar surface area (TPSA) is 36.0 Å². The summed E-state index contributed by atoms with van der Waals surface area (Å²) in [6.45, 7) is 8.25. The summed E-state index contributed by atoms with van der Waals surface area (Å²) in [5.41, 5.74) is 0. The summed E-state index contributed by atoms with van der Waals surface area (Å²) in [6, 6.07) is 0.531. The van der Waals surface area contributed by atoms with Crippen LogP contribution in [0.1, 0.15) is 26.7 Å². The molecular weight excluding hydrogens is 254 g/mol. The number of amides is 1. The van der Waals surface area contributed by atoms with Crippen molar-refractivity contribution in [2.45, 2.75) is 32.7 Å². The SMILES string of the molecule is CC(C)N(C)CCOCCC(=O)N(C)CCCN(C)C. The first kappa shape index (κ1) is 19.4. The average Bonchev–Trinajstić information content (AvgIpc) is 2.36. The zero-order valence-electron chi connectivity index (χ0n) is 14.2. The average molecular weight is 287 g/mol. The number of ether oxygens (including phenoxy) is 1. The molecule has 0 atom stereocenters. The van der Waals surface area contributed by atoms with E-state index in [1.165, 1.54) is 0 Å². The third kappa shape index (κ3) is 10.2. The lowest BCUT2D eigenvalue weighted by molar-refractivity contribution is -0.131. The Labute approximate surface area is 124 Å². The molecule has 0 bridgehead atoms. The quantitative estimate of drug-likeness (QED) is 0.534. The van der Waals surface area contributed by atoms with Gasteiger partial charge in [0.1, 0.15) is 0 Å². The number of rotatable bonds is 11. The largest absolute Gasteiger partial charge is 0.380 e. The molecule has 0 rings (SSSR count). The normalized spacial score (nSPS) is 11.7.